The molecule has 0 radical (unpaired) electrons. The van der Waals surface area contributed by atoms with Gasteiger partial charge < -0.3 is 14.9 Å². The lowest BCUT2D eigenvalue weighted by Crippen LogP contribution is -2.31. The molecule has 0 aliphatic rings. The van der Waals surface area contributed by atoms with Crippen LogP contribution in [0, 0.1) is 6.92 Å². The lowest BCUT2D eigenvalue weighted by atomic mass is 10.1. The maximum absolute atomic E-state index is 9.87. The molecular weight excluding hydrogens is 218 g/mol. The van der Waals surface area contributed by atoms with Crippen LogP contribution in [0.25, 0.3) is 0 Å². The zero-order valence-corrected chi connectivity index (χ0v) is 10.7. The van der Waals surface area contributed by atoms with Gasteiger partial charge in [0.15, 0.2) is 0 Å². The van der Waals surface area contributed by atoms with Crippen LogP contribution >= 0.6 is 0 Å². The van der Waals surface area contributed by atoms with Crippen LogP contribution in [-0.2, 0) is 11.3 Å². The van der Waals surface area contributed by atoms with Crippen molar-refractivity contribution in [2.75, 3.05) is 27.3 Å². The number of rotatable bonds is 6. The molecule has 1 rings (SSSR count). The van der Waals surface area contributed by atoms with Gasteiger partial charge in [-0.25, -0.2) is 0 Å². The molecule has 17 heavy (non-hydrogen) atoms. The quantitative estimate of drug-likeness (QED) is 0.781. The van der Waals surface area contributed by atoms with Crippen molar-refractivity contribution in [3.05, 3.63) is 29.3 Å². The fourth-order valence-corrected chi connectivity index (χ4v) is 1.81. The van der Waals surface area contributed by atoms with Crippen LogP contribution in [0.3, 0.4) is 0 Å². The van der Waals surface area contributed by atoms with Gasteiger partial charge in [-0.05, 0) is 19.5 Å². The zero-order chi connectivity index (χ0) is 12.8. The molecule has 0 aliphatic heterocycles. The molecule has 0 spiro atoms. The Bertz CT molecular complexity index is 355. The van der Waals surface area contributed by atoms with Gasteiger partial charge in [0, 0.05) is 25.8 Å². The van der Waals surface area contributed by atoms with Gasteiger partial charge in [0.25, 0.3) is 0 Å². The number of hydrogen-bond acceptors (Lipinski definition) is 4. The molecule has 0 amide bonds. The normalized spacial score (nSPS) is 13.0. The van der Waals surface area contributed by atoms with E-state index in [1.807, 2.05) is 37.1 Å². The summed E-state index contributed by atoms with van der Waals surface area (Å²) >= 11 is 0. The first-order chi connectivity index (χ1) is 8.04. The summed E-state index contributed by atoms with van der Waals surface area (Å²) in [6.07, 6.45) is -0.503. The second-order valence-electron chi connectivity index (χ2n) is 4.39. The first kappa shape index (κ1) is 14.0. The van der Waals surface area contributed by atoms with Gasteiger partial charge in [-0.3, -0.25) is 4.90 Å². The Morgan fingerprint density at radius 1 is 1.41 bits per heavy atom. The zero-order valence-electron chi connectivity index (χ0n) is 10.7. The van der Waals surface area contributed by atoms with Crippen LogP contribution in [0.2, 0.25) is 0 Å². The predicted molar refractivity (Wildman–Crippen MR) is 67.1 cm³/mol. The summed E-state index contributed by atoms with van der Waals surface area (Å²) in [5.74, 6) is 0.334. The van der Waals surface area contributed by atoms with E-state index in [1.54, 1.807) is 7.11 Å². The lowest BCUT2D eigenvalue weighted by Gasteiger charge is -2.20. The van der Waals surface area contributed by atoms with E-state index in [2.05, 4.69) is 0 Å². The number of phenolic OH excluding ortho intramolecular Hbond substituents is 1. The second-order valence-corrected chi connectivity index (χ2v) is 4.39. The SMILES string of the molecule is COCC(O)CN(C)Cc1cccc(C)c1O. The van der Waals surface area contributed by atoms with Gasteiger partial charge in [-0.15, -0.1) is 0 Å². The van der Waals surface area contributed by atoms with Gasteiger partial charge in [0.1, 0.15) is 5.75 Å². The number of benzene rings is 1. The highest BCUT2D eigenvalue weighted by Crippen LogP contribution is 2.22. The van der Waals surface area contributed by atoms with E-state index in [1.165, 1.54) is 0 Å². The first-order valence-corrected chi connectivity index (χ1v) is 5.67. The molecule has 0 aromatic heterocycles. The Morgan fingerprint density at radius 2 is 2.12 bits per heavy atom. The highest BCUT2D eigenvalue weighted by molar-refractivity contribution is 5.39. The number of aryl methyl sites for hydroxylation is 1. The fraction of sp³-hybridized carbons (Fsp3) is 0.538. The third-order valence-electron chi connectivity index (χ3n) is 2.64. The average molecular weight is 239 g/mol. The first-order valence-electron chi connectivity index (χ1n) is 5.67. The summed E-state index contributed by atoms with van der Waals surface area (Å²) in [4.78, 5) is 1.96. The molecular formula is C13H21NO3. The monoisotopic (exact) mass is 239 g/mol. The Balaban J connectivity index is 2.56. The van der Waals surface area contributed by atoms with Crippen molar-refractivity contribution >= 4 is 0 Å². The van der Waals surface area contributed by atoms with Crippen molar-refractivity contribution in [1.82, 2.24) is 4.90 Å². The number of methoxy groups -OCH3 is 1. The van der Waals surface area contributed by atoms with Gasteiger partial charge in [0.05, 0.1) is 12.7 Å². The molecule has 0 saturated carbocycles. The van der Waals surface area contributed by atoms with E-state index in [9.17, 15) is 10.2 Å². The van der Waals surface area contributed by atoms with Crippen LogP contribution < -0.4 is 0 Å². The van der Waals surface area contributed by atoms with E-state index < -0.39 is 6.10 Å². The van der Waals surface area contributed by atoms with Crippen molar-refractivity contribution < 1.29 is 14.9 Å². The standard InChI is InChI=1S/C13H21NO3/c1-10-5-4-6-11(13(10)16)7-14(2)8-12(15)9-17-3/h4-6,12,15-16H,7-9H2,1-3H3. The fourth-order valence-electron chi connectivity index (χ4n) is 1.81. The summed E-state index contributed by atoms with van der Waals surface area (Å²) in [7, 11) is 3.47. The molecule has 4 heteroatoms. The number of likely N-dealkylation sites (N-methyl/N-ethyl adjacent to an activating group) is 1. The largest absolute Gasteiger partial charge is 0.507 e. The number of nitrogens with zero attached hydrogens (tertiary/aromatic N) is 1. The number of phenols is 1. The summed E-state index contributed by atoms with van der Waals surface area (Å²) in [5, 5.41) is 19.5. The predicted octanol–water partition coefficient (Wildman–Crippen LogP) is 1.14. The molecule has 2 N–H and O–H groups in total. The number of aromatic hydroxyl groups is 1. The third kappa shape index (κ3) is 4.34. The smallest absolute Gasteiger partial charge is 0.122 e. The van der Waals surface area contributed by atoms with E-state index in [-0.39, 0.29) is 0 Å². The van der Waals surface area contributed by atoms with E-state index >= 15 is 0 Å². The molecule has 4 nitrogen and oxygen atoms in total. The van der Waals surface area contributed by atoms with Crippen LogP contribution in [-0.4, -0.2) is 48.5 Å². The number of ether oxygens (including phenoxy) is 1. The molecule has 0 heterocycles. The molecule has 0 bridgehead atoms. The number of aliphatic hydroxyl groups is 1. The second kappa shape index (κ2) is 6.59. The molecule has 0 saturated heterocycles. The summed E-state index contributed by atoms with van der Waals surface area (Å²) in [6, 6.07) is 5.68. The highest BCUT2D eigenvalue weighted by atomic mass is 16.5. The summed E-state index contributed by atoms with van der Waals surface area (Å²) < 4.78 is 4.87. The maximum atomic E-state index is 9.87. The minimum Gasteiger partial charge on any atom is -0.507 e. The van der Waals surface area contributed by atoms with Gasteiger partial charge in [-0.1, -0.05) is 18.2 Å². The van der Waals surface area contributed by atoms with Crippen molar-refractivity contribution in [2.45, 2.75) is 19.6 Å². The molecule has 0 aliphatic carbocycles. The minimum atomic E-state index is -0.503. The Labute approximate surface area is 102 Å². The third-order valence-corrected chi connectivity index (χ3v) is 2.64. The van der Waals surface area contributed by atoms with Crippen LogP contribution in [0.4, 0.5) is 0 Å². The Kier molecular flexibility index (Phi) is 5.41. The molecule has 1 aromatic rings. The number of hydrogen-bond donors (Lipinski definition) is 2. The Morgan fingerprint density at radius 3 is 2.76 bits per heavy atom. The Hall–Kier alpha value is -1.10. The van der Waals surface area contributed by atoms with E-state index in [0.717, 1.165) is 11.1 Å². The van der Waals surface area contributed by atoms with Gasteiger partial charge in [0.2, 0.25) is 0 Å². The molecule has 0 fully saturated rings. The van der Waals surface area contributed by atoms with Crippen LogP contribution in [0.15, 0.2) is 18.2 Å². The van der Waals surface area contributed by atoms with Gasteiger partial charge >= 0.3 is 0 Å². The highest BCUT2D eigenvalue weighted by Gasteiger charge is 2.10. The van der Waals surface area contributed by atoms with E-state index in [0.29, 0.717) is 25.4 Å². The molecule has 1 atom stereocenters. The van der Waals surface area contributed by atoms with Crippen molar-refractivity contribution in [3.63, 3.8) is 0 Å². The summed E-state index contributed by atoms with van der Waals surface area (Å²) in [5.41, 5.74) is 1.74. The van der Waals surface area contributed by atoms with E-state index in [4.69, 9.17) is 4.74 Å². The van der Waals surface area contributed by atoms with Crippen molar-refractivity contribution in [3.8, 4) is 5.75 Å². The van der Waals surface area contributed by atoms with Gasteiger partial charge in [-0.2, -0.15) is 0 Å². The minimum absolute atomic E-state index is 0.324. The number of aliphatic hydroxyl groups excluding tert-OH is 1. The lowest BCUT2D eigenvalue weighted by molar-refractivity contribution is 0.0417. The topological polar surface area (TPSA) is 52.9 Å². The molecule has 1 unspecified atom stereocenters. The summed E-state index contributed by atoms with van der Waals surface area (Å²) in [6.45, 7) is 3.32. The van der Waals surface area contributed by atoms with Crippen molar-refractivity contribution in [2.24, 2.45) is 0 Å². The molecule has 96 valence electrons. The molecule has 1 aromatic carbocycles. The van der Waals surface area contributed by atoms with Crippen LogP contribution in [0.5, 0.6) is 5.75 Å². The van der Waals surface area contributed by atoms with Crippen LogP contribution in [0.1, 0.15) is 11.1 Å². The average Bonchev–Trinajstić information content (AvgIpc) is 2.25. The maximum Gasteiger partial charge on any atom is 0.122 e. The van der Waals surface area contributed by atoms with Crippen molar-refractivity contribution in [1.29, 1.82) is 0 Å². The number of para-hydroxylation sites is 1.